The van der Waals surface area contributed by atoms with Crippen LogP contribution in [0.2, 0.25) is 0 Å². The average Bonchev–Trinajstić information content (AvgIpc) is 1.98. The molecule has 1 aliphatic heterocycles. The first kappa shape index (κ1) is 6.89. The molecule has 3 nitrogen and oxygen atoms in total. The SMILES string of the molecule is CC1=[N+](C)NN(C)C1[S-]. The first-order chi connectivity index (χ1) is 4.13. The lowest BCUT2D eigenvalue weighted by Gasteiger charge is -2.18. The zero-order chi connectivity index (χ0) is 7.02. The summed E-state index contributed by atoms with van der Waals surface area (Å²) in [5.74, 6) is 0. The Morgan fingerprint density at radius 1 is 1.78 bits per heavy atom. The van der Waals surface area contributed by atoms with Crippen molar-refractivity contribution in [3.63, 3.8) is 0 Å². The summed E-state index contributed by atoms with van der Waals surface area (Å²) in [6.07, 6.45) is 0. The van der Waals surface area contributed by atoms with Gasteiger partial charge in [-0.05, 0) is 5.37 Å². The highest BCUT2D eigenvalue weighted by molar-refractivity contribution is 7.60. The van der Waals surface area contributed by atoms with E-state index in [0.717, 1.165) is 0 Å². The average molecular weight is 145 g/mol. The molecular formula is C5H11N3S. The largest absolute Gasteiger partial charge is 0.761 e. The number of nitrogens with zero attached hydrogens (tertiary/aromatic N) is 2. The van der Waals surface area contributed by atoms with Gasteiger partial charge in [-0.2, -0.15) is 5.01 Å². The highest BCUT2D eigenvalue weighted by Crippen LogP contribution is 1.98. The molecule has 4 heteroatoms. The zero-order valence-electron chi connectivity index (χ0n) is 5.88. The molecule has 1 N–H and O–H groups in total. The molecule has 0 spiro atoms. The van der Waals surface area contributed by atoms with Crippen LogP contribution in [-0.2, 0) is 12.6 Å². The van der Waals surface area contributed by atoms with Crippen LogP contribution in [0.3, 0.4) is 0 Å². The van der Waals surface area contributed by atoms with Crippen LogP contribution in [0.15, 0.2) is 0 Å². The van der Waals surface area contributed by atoms with Gasteiger partial charge in [0.25, 0.3) is 0 Å². The predicted molar refractivity (Wildman–Crippen MR) is 38.9 cm³/mol. The Hall–Kier alpha value is -0.220. The molecule has 52 valence electrons. The maximum atomic E-state index is 5.11. The Morgan fingerprint density at radius 2 is 2.33 bits per heavy atom. The Morgan fingerprint density at radius 3 is 2.44 bits per heavy atom. The summed E-state index contributed by atoms with van der Waals surface area (Å²) >= 11 is 5.11. The van der Waals surface area contributed by atoms with E-state index in [1.54, 1.807) is 0 Å². The summed E-state index contributed by atoms with van der Waals surface area (Å²) in [7, 11) is 3.89. The minimum Gasteiger partial charge on any atom is -0.761 e. The minimum absolute atomic E-state index is 0.106. The van der Waals surface area contributed by atoms with E-state index in [9.17, 15) is 0 Å². The molecule has 0 radical (unpaired) electrons. The van der Waals surface area contributed by atoms with E-state index in [-0.39, 0.29) is 5.37 Å². The van der Waals surface area contributed by atoms with Crippen molar-refractivity contribution in [3.8, 4) is 0 Å². The van der Waals surface area contributed by atoms with E-state index in [4.69, 9.17) is 12.6 Å². The minimum atomic E-state index is 0.106. The summed E-state index contributed by atoms with van der Waals surface area (Å²) in [4.78, 5) is 0. The van der Waals surface area contributed by atoms with Crippen molar-refractivity contribution in [1.29, 1.82) is 0 Å². The first-order valence-electron chi connectivity index (χ1n) is 2.85. The third kappa shape index (κ3) is 1.04. The molecular weight excluding hydrogens is 134 g/mol. The molecule has 1 unspecified atom stereocenters. The molecule has 0 fully saturated rings. The fraction of sp³-hybridized carbons (Fsp3) is 0.800. The molecule has 0 aromatic carbocycles. The van der Waals surface area contributed by atoms with Crippen LogP contribution in [0.25, 0.3) is 0 Å². The van der Waals surface area contributed by atoms with Gasteiger partial charge in [-0.1, -0.05) is 0 Å². The lowest BCUT2D eigenvalue weighted by atomic mass is 10.4. The standard InChI is InChI=1S/C5H11N3S/c1-4-5(9)8(3)6-7(4)2/h5-6H,1-3H3. The van der Waals surface area contributed by atoms with Crippen LogP contribution in [-0.4, -0.2) is 34.9 Å². The summed E-state index contributed by atoms with van der Waals surface area (Å²) < 4.78 is 1.93. The van der Waals surface area contributed by atoms with Crippen molar-refractivity contribution >= 4 is 18.3 Å². The normalized spacial score (nSPS) is 29.1. The molecule has 0 aromatic heterocycles. The summed E-state index contributed by atoms with van der Waals surface area (Å²) in [6, 6.07) is 0. The fourth-order valence-electron chi connectivity index (χ4n) is 0.814. The number of hydrazine groups is 2. The van der Waals surface area contributed by atoms with Crippen LogP contribution in [0.4, 0.5) is 0 Å². The highest BCUT2D eigenvalue weighted by atomic mass is 32.1. The smallest absolute Gasteiger partial charge is 0.175 e. The Balaban J connectivity index is 2.74. The molecule has 0 saturated heterocycles. The van der Waals surface area contributed by atoms with Crippen molar-refractivity contribution in [2.75, 3.05) is 14.1 Å². The second-order valence-corrected chi connectivity index (χ2v) is 2.71. The van der Waals surface area contributed by atoms with Gasteiger partial charge in [-0.3, -0.25) is 0 Å². The van der Waals surface area contributed by atoms with Crippen molar-refractivity contribution < 1.29 is 4.68 Å². The van der Waals surface area contributed by atoms with Crippen LogP contribution >= 0.6 is 0 Å². The van der Waals surface area contributed by atoms with E-state index in [2.05, 4.69) is 5.53 Å². The lowest BCUT2D eigenvalue weighted by Crippen LogP contribution is -2.37. The monoisotopic (exact) mass is 145 g/mol. The first-order valence-corrected chi connectivity index (χ1v) is 3.32. The highest BCUT2D eigenvalue weighted by Gasteiger charge is 2.21. The van der Waals surface area contributed by atoms with Crippen molar-refractivity contribution in [2.45, 2.75) is 12.3 Å². The van der Waals surface area contributed by atoms with Crippen molar-refractivity contribution in [3.05, 3.63) is 0 Å². The van der Waals surface area contributed by atoms with Gasteiger partial charge in [-0.25, -0.2) is 0 Å². The number of hydrogen-bond donors (Lipinski definition) is 1. The second-order valence-electron chi connectivity index (χ2n) is 2.26. The van der Waals surface area contributed by atoms with Gasteiger partial charge in [0, 0.05) is 14.0 Å². The molecule has 0 aliphatic carbocycles. The predicted octanol–water partition coefficient (Wildman–Crippen LogP) is -0.672. The van der Waals surface area contributed by atoms with E-state index >= 15 is 0 Å². The third-order valence-electron chi connectivity index (χ3n) is 1.55. The molecule has 1 aliphatic rings. The summed E-state index contributed by atoms with van der Waals surface area (Å²) in [5, 5.41) is 2.00. The van der Waals surface area contributed by atoms with Gasteiger partial charge < -0.3 is 12.6 Å². The molecule has 0 aromatic rings. The Labute approximate surface area is 60.7 Å². The van der Waals surface area contributed by atoms with Crippen LogP contribution in [0.1, 0.15) is 6.92 Å². The van der Waals surface area contributed by atoms with E-state index in [1.807, 2.05) is 30.7 Å². The maximum Gasteiger partial charge on any atom is 0.175 e. The topological polar surface area (TPSA) is 18.3 Å². The Bertz CT molecular complexity index is 154. The fourth-order valence-corrected chi connectivity index (χ4v) is 1.02. The quantitative estimate of drug-likeness (QED) is 0.360. The van der Waals surface area contributed by atoms with Crippen molar-refractivity contribution in [2.24, 2.45) is 0 Å². The molecule has 1 heterocycles. The van der Waals surface area contributed by atoms with Gasteiger partial charge in [0.1, 0.15) is 0 Å². The number of nitrogens with one attached hydrogen (secondary N) is 1. The second kappa shape index (κ2) is 2.19. The van der Waals surface area contributed by atoms with Crippen molar-refractivity contribution in [1.82, 2.24) is 10.5 Å². The van der Waals surface area contributed by atoms with E-state index in [0.29, 0.717) is 0 Å². The summed E-state index contributed by atoms with van der Waals surface area (Å²) in [6.45, 7) is 2.02. The molecule has 9 heavy (non-hydrogen) atoms. The number of hydrazone groups is 1. The van der Waals surface area contributed by atoms with Crippen LogP contribution < -0.4 is 5.53 Å². The zero-order valence-corrected chi connectivity index (χ0v) is 6.70. The van der Waals surface area contributed by atoms with E-state index in [1.165, 1.54) is 5.71 Å². The third-order valence-corrected chi connectivity index (χ3v) is 2.20. The molecule has 0 saturated carbocycles. The lowest BCUT2D eigenvalue weighted by molar-refractivity contribution is -0.576. The number of rotatable bonds is 0. The Kier molecular flexibility index (Phi) is 1.68. The molecule has 0 amide bonds. The van der Waals surface area contributed by atoms with Gasteiger partial charge in [0.15, 0.2) is 12.8 Å². The molecule has 0 bridgehead atoms. The summed E-state index contributed by atoms with van der Waals surface area (Å²) in [5.41, 5.74) is 4.22. The van der Waals surface area contributed by atoms with Gasteiger partial charge in [-0.15, -0.1) is 10.2 Å². The van der Waals surface area contributed by atoms with Gasteiger partial charge in [0.2, 0.25) is 0 Å². The van der Waals surface area contributed by atoms with Gasteiger partial charge in [0.05, 0.1) is 0 Å². The van der Waals surface area contributed by atoms with Gasteiger partial charge >= 0.3 is 0 Å². The van der Waals surface area contributed by atoms with E-state index < -0.39 is 0 Å². The van der Waals surface area contributed by atoms with Crippen LogP contribution in [0.5, 0.6) is 0 Å². The maximum absolute atomic E-state index is 5.11. The molecule has 1 rings (SSSR count). The van der Waals surface area contributed by atoms with Crippen LogP contribution in [0, 0.1) is 0 Å². The number of hydrogen-bond acceptors (Lipinski definition) is 3. The molecule has 1 atom stereocenters.